The van der Waals surface area contributed by atoms with Crippen molar-refractivity contribution >= 4 is 85.4 Å². The minimum Gasteiger partial charge on any atom is -0.493 e. The molecular formula is C66H64N8O8S4. The van der Waals surface area contributed by atoms with Gasteiger partial charge in [-0.15, -0.1) is 55.5 Å². The van der Waals surface area contributed by atoms with Crippen molar-refractivity contribution in [2.75, 3.05) is 26.4 Å². The first-order valence-electron chi connectivity index (χ1n) is 28.8. The van der Waals surface area contributed by atoms with E-state index in [9.17, 15) is 14.4 Å². The molecule has 16 nitrogen and oxygen atoms in total. The van der Waals surface area contributed by atoms with Gasteiger partial charge in [-0.25, -0.2) is 14.3 Å². The summed E-state index contributed by atoms with van der Waals surface area (Å²) in [6.45, 7) is 1.55. The van der Waals surface area contributed by atoms with Crippen LogP contribution in [-0.4, -0.2) is 86.5 Å². The van der Waals surface area contributed by atoms with E-state index in [2.05, 4.69) is 103 Å². The Morgan fingerprint density at radius 3 is 1.50 bits per heavy atom. The van der Waals surface area contributed by atoms with Gasteiger partial charge in [-0.05, 0) is 146 Å². The monoisotopic (exact) mass is 1220 g/mol. The molecule has 0 fully saturated rings. The number of ether oxygens (including phenoxy) is 4. The van der Waals surface area contributed by atoms with E-state index < -0.39 is 24.1 Å². The Morgan fingerprint density at radius 1 is 0.465 bits per heavy atom. The second-order valence-corrected chi connectivity index (χ2v) is 24.4. The maximum Gasteiger partial charge on any atom is 0.344 e. The molecular weight excluding hydrogens is 1160 g/mol. The second-order valence-electron chi connectivity index (χ2n) is 20.4. The zero-order valence-electron chi connectivity index (χ0n) is 47.2. The third kappa shape index (κ3) is 15.7. The highest BCUT2D eigenvalue weighted by atomic mass is 32.1. The first-order valence-corrected chi connectivity index (χ1v) is 32.2. The van der Waals surface area contributed by atoms with Crippen LogP contribution in [0.2, 0.25) is 0 Å². The van der Waals surface area contributed by atoms with Gasteiger partial charge in [0.2, 0.25) is 0 Å². The van der Waals surface area contributed by atoms with E-state index in [-0.39, 0.29) is 32.3 Å². The van der Waals surface area contributed by atoms with Crippen LogP contribution in [-0.2, 0) is 43.5 Å². The Bertz CT molecular complexity index is 3920. The molecule has 20 heteroatoms. The van der Waals surface area contributed by atoms with Gasteiger partial charge in [0.1, 0.15) is 34.6 Å². The summed E-state index contributed by atoms with van der Waals surface area (Å²) in [5, 5.41) is 23.5. The van der Waals surface area contributed by atoms with Crippen molar-refractivity contribution < 1.29 is 38.2 Å². The van der Waals surface area contributed by atoms with Crippen LogP contribution in [0.1, 0.15) is 62.5 Å². The van der Waals surface area contributed by atoms with E-state index in [1.807, 2.05) is 91.0 Å². The number of hydrogen-bond acceptors (Lipinski definition) is 17. The van der Waals surface area contributed by atoms with Crippen molar-refractivity contribution in [3.63, 3.8) is 0 Å². The van der Waals surface area contributed by atoms with Crippen molar-refractivity contribution in [1.29, 1.82) is 0 Å². The fourth-order valence-corrected chi connectivity index (χ4v) is 13.5. The van der Waals surface area contributed by atoms with Crippen LogP contribution < -0.4 is 20.3 Å². The summed E-state index contributed by atoms with van der Waals surface area (Å²) >= 11 is 6.90. The first kappa shape index (κ1) is 59.4. The predicted molar refractivity (Wildman–Crippen MR) is 341 cm³/mol. The highest BCUT2D eigenvalue weighted by molar-refractivity contribution is 7.24. The highest BCUT2D eigenvalue weighted by Crippen LogP contribution is 2.47. The van der Waals surface area contributed by atoms with Crippen molar-refractivity contribution in [1.82, 2.24) is 40.8 Å². The molecule has 0 bridgehead atoms. The minimum absolute atomic E-state index is 0.0663. The van der Waals surface area contributed by atoms with Crippen LogP contribution >= 0.6 is 45.3 Å². The Kier molecular flexibility index (Phi) is 20.8. The van der Waals surface area contributed by atoms with Gasteiger partial charge in [0.25, 0.3) is 0 Å². The number of amides is 1. The number of carbonyl (C=O) groups excluding carboxylic acids is 3. The lowest BCUT2D eigenvalue weighted by atomic mass is 10.1. The van der Waals surface area contributed by atoms with Gasteiger partial charge in [-0.1, -0.05) is 107 Å². The average Bonchev–Trinajstić information content (AvgIpc) is 3.35. The Morgan fingerprint density at radius 2 is 0.942 bits per heavy atom. The normalized spacial score (nSPS) is 12.1. The van der Waals surface area contributed by atoms with E-state index in [0.29, 0.717) is 43.5 Å². The van der Waals surface area contributed by atoms with Crippen LogP contribution in [0.5, 0.6) is 11.5 Å². The van der Waals surface area contributed by atoms with E-state index in [4.69, 9.17) is 23.8 Å². The number of unbranched alkanes of at least 4 members (excludes halogenated alkanes) is 6. The van der Waals surface area contributed by atoms with Gasteiger partial charge in [0.05, 0.1) is 37.5 Å². The van der Waals surface area contributed by atoms with Gasteiger partial charge in [0.15, 0.2) is 6.73 Å². The quantitative estimate of drug-likeness (QED) is 0.0238. The molecule has 2 atom stereocenters. The fourth-order valence-electron chi connectivity index (χ4n) is 9.78. The van der Waals surface area contributed by atoms with Crippen molar-refractivity contribution in [3.05, 3.63) is 192 Å². The van der Waals surface area contributed by atoms with Crippen LogP contribution in [0, 0.1) is 0 Å². The van der Waals surface area contributed by atoms with E-state index >= 15 is 0 Å². The predicted octanol–water partition coefficient (Wildman–Crippen LogP) is 14.7. The van der Waals surface area contributed by atoms with Crippen LogP contribution in [0.3, 0.4) is 0 Å². The number of hydroxylamine groups is 1. The standard InChI is InChI=1S/C66H64N8O8S4/c75-64(52(41-46-21-7-5-8-22-46)67-66(77)74-55-28-14-12-26-51(55)69-72-74)80-37-17-3-1-15-35-78-56-43-49(59-32-34-63(86-59)61-30-20-40-84-61)57(44-48(56)58-31-33-62(85-58)60-29-19-39-83-60)79-36-16-2-4-18-38-81-65(76)53(42-47-23-9-6-10-24-47)70-82-45-73-54-27-13-11-25-50(54)68-71-73/h5-14,19-34,39-40,43-44,52-53,70H,1-4,15-18,35-38,41-42,45H2,(H,67,77)/t52-,53-/m0/s1. The molecule has 0 saturated heterocycles. The van der Waals surface area contributed by atoms with Gasteiger partial charge >= 0.3 is 18.0 Å². The number of carbonyl (C=O) groups is 3. The highest BCUT2D eigenvalue weighted by Gasteiger charge is 2.26. The molecule has 6 aromatic heterocycles. The molecule has 2 N–H and O–H groups in total. The smallest absolute Gasteiger partial charge is 0.344 e. The molecule has 1 amide bonds. The maximum atomic E-state index is 13.6. The topological polar surface area (TPSA) is 183 Å². The number of rotatable bonds is 31. The number of aromatic nitrogens is 6. The lowest BCUT2D eigenvalue weighted by Crippen LogP contribution is -2.45. The Hall–Kier alpha value is -8.37. The van der Waals surface area contributed by atoms with Crippen LogP contribution in [0.25, 0.3) is 62.5 Å². The lowest BCUT2D eigenvalue weighted by molar-refractivity contribution is -0.152. The van der Waals surface area contributed by atoms with E-state index in [1.165, 1.54) is 24.2 Å². The molecule has 86 heavy (non-hydrogen) atoms. The second kappa shape index (κ2) is 30.1. The van der Waals surface area contributed by atoms with Crippen LogP contribution in [0.4, 0.5) is 4.79 Å². The Balaban J connectivity index is 0.699. The summed E-state index contributed by atoms with van der Waals surface area (Å²) in [6, 6.07) is 53.3. The zero-order chi connectivity index (χ0) is 58.7. The third-order valence-corrected chi connectivity index (χ3v) is 18.6. The number of benzene rings is 5. The SMILES string of the molecule is O=C(OCCCCCCOc1cc(-c2ccc(-c3cccs3)s2)c(OCCCCCCOC(=O)[C@H](Cc2ccccc2)NC(=O)n2nnc3ccccc32)cc1-c1ccc(-c2cccs2)s1)[C@H](Cc1ccccc1)NOCn1nnc2ccccc21. The largest absolute Gasteiger partial charge is 0.493 e. The van der Waals surface area contributed by atoms with Gasteiger partial charge in [0, 0.05) is 53.2 Å². The van der Waals surface area contributed by atoms with E-state index in [0.717, 1.165) is 93.1 Å². The molecule has 0 aliphatic rings. The maximum absolute atomic E-state index is 13.6. The first-order chi connectivity index (χ1) is 42.4. The third-order valence-electron chi connectivity index (χ3n) is 14.2. The molecule has 0 aliphatic carbocycles. The summed E-state index contributed by atoms with van der Waals surface area (Å²) in [5.41, 5.74) is 9.44. The fraction of sp³-hybridized carbons (Fsp3) is 0.258. The van der Waals surface area contributed by atoms with Gasteiger partial charge in [-0.3, -0.25) is 9.63 Å². The average molecular weight is 1230 g/mol. The molecule has 0 spiro atoms. The van der Waals surface area contributed by atoms with E-state index in [1.54, 1.807) is 68.2 Å². The molecule has 11 aromatic rings. The summed E-state index contributed by atoms with van der Waals surface area (Å²) in [4.78, 5) is 53.3. The van der Waals surface area contributed by atoms with Gasteiger partial charge < -0.3 is 24.3 Å². The van der Waals surface area contributed by atoms with Crippen molar-refractivity contribution in [2.45, 2.75) is 83.0 Å². The Labute approximate surface area is 514 Å². The van der Waals surface area contributed by atoms with Gasteiger partial charge in [-0.2, -0.15) is 10.2 Å². The lowest BCUT2D eigenvalue weighted by Gasteiger charge is -2.18. The molecule has 0 unspecified atom stereocenters. The van der Waals surface area contributed by atoms with Crippen LogP contribution in [0.15, 0.2) is 181 Å². The summed E-state index contributed by atoms with van der Waals surface area (Å²) in [7, 11) is 0. The summed E-state index contributed by atoms with van der Waals surface area (Å²) in [5.74, 6) is 0.674. The molecule has 6 heterocycles. The van der Waals surface area contributed by atoms with Crippen molar-refractivity contribution in [3.8, 4) is 51.9 Å². The molecule has 440 valence electrons. The number of para-hydroxylation sites is 2. The minimum atomic E-state index is -0.927. The molecule has 11 rings (SSSR count). The number of nitrogens with zero attached hydrogens (tertiary/aromatic N) is 6. The molecule has 5 aromatic carbocycles. The summed E-state index contributed by atoms with van der Waals surface area (Å²) < 4.78 is 28.0. The number of hydrogen-bond donors (Lipinski definition) is 2. The number of fused-ring (bicyclic) bond motifs is 2. The molecule has 0 saturated carbocycles. The zero-order valence-corrected chi connectivity index (χ0v) is 50.4. The number of nitrogens with one attached hydrogen (secondary N) is 2. The number of thiophene rings is 4. The molecule has 0 aliphatic heterocycles. The molecule has 0 radical (unpaired) electrons. The summed E-state index contributed by atoms with van der Waals surface area (Å²) in [6.07, 6.45) is 7.02. The number of esters is 2. The van der Waals surface area contributed by atoms with Crippen molar-refractivity contribution in [2.24, 2.45) is 0 Å².